The summed E-state index contributed by atoms with van der Waals surface area (Å²) in [6.07, 6.45) is 1.30. The largest absolute Gasteiger partial charge is 0.386 e. The summed E-state index contributed by atoms with van der Waals surface area (Å²) < 4.78 is 13.8. The Morgan fingerprint density at radius 1 is 1.52 bits per heavy atom. The van der Waals surface area contributed by atoms with Crippen LogP contribution in [0.3, 0.4) is 0 Å². The van der Waals surface area contributed by atoms with Gasteiger partial charge in [0, 0.05) is 31.6 Å². The van der Waals surface area contributed by atoms with Crippen LogP contribution in [-0.4, -0.2) is 48.1 Å². The van der Waals surface area contributed by atoms with E-state index in [9.17, 15) is 14.3 Å². The molecule has 0 saturated carbocycles. The number of likely N-dealkylation sites (tertiary alicyclic amines) is 1. The number of guanidine groups is 1. The number of aliphatic hydroxyl groups excluding tert-OH is 1. The predicted molar refractivity (Wildman–Crippen MR) is 95.4 cm³/mol. The van der Waals surface area contributed by atoms with Crippen LogP contribution in [0.25, 0.3) is 0 Å². The Labute approximate surface area is 147 Å². The van der Waals surface area contributed by atoms with Crippen LogP contribution in [0, 0.1) is 11.7 Å². The van der Waals surface area contributed by atoms with Crippen LogP contribution in [-0.2, 0) is 4.79 Å². The first-order valence-corrected chi connectivity index (χ1v) is 8.75. The SMILES string of the molecule is CCNC(=NCC(O)c1ccccc1F)N1CCCC(CC(N)=O)C1. The maximum absolute atomic E-state index is 13.8. The van der Waals surface area contributed by atoms with Crippen molar-refractivity contribution in [3.05, 3.63) is 35.6 Å². The fraction of sp³-hybridized carbons (Fsp3) is 0.556. The van der Waals surface area contributed by atoms with Gasteiger partial charge in [0.05, 0.1) is 6.54 Å². The summed E-state index contributed by atoms with van der Waals surface area (Å²) in [7, 11) is 0. The number of hydrogen-bond donors (Lipinski definition) is 3. The van der Waals surface area contributed by atoms with Gasteiger partial charge in [-0.25, -0.2) is 4.39 Å². The highest BCUT2D eigenvalue weighted by atomic mass is 19.1. The first kappa shape index (κ1) is 19.2. The molecule has 1 amide bonds. The quantitative estimate of drug-likeness (QED) is 0.534. The van der Waals surface area contributed by atoms with E-state index in [1.165, 1.54) is 6.07 Å². The van der Waals surface area contributed by atoms with Crippen molar-refractivity contribution in [2.75, 3.05) is 26.2 Å². The van der Waals surface area contributed by atoms with E-state index < -0.39 is 11.9 Å². The van der Waals surface area contributed by atoms with Gasteiger partial charge in [-0.3, -0.25) is 9.79 Å². The molecular formula is C18H27FN4O2. The summed E-state index contributed by atoms with van der Waals surface area (Å²) in [5, 5.41) is 13.4. The van der Waals surface area contributed by atoms with Crippen molar-refractivity contribution in [3.63, 3.8) is 0 Å². The van der Waals surface area contributed by atoms with Crippen molar-refractivity contribution < 1.29 is 14.3 Å². The molecular weight excluding hydrogens is 323 g/mol. The Hall–Kier alpha value is -2.15. The number of nitrogens with zero attached hydrogens (tertiary/aromatic N) is 2. The number of piperidine rings is 1. The average Bonchev–Trinajstić information content (AvgIpc) is 2.58. The lowest BCUT2D eigenvalue weighted by molar-refractivity contribution is -0.119. The predicted octanol–water partition coefficient (Wildman–Crippen LogP) is 1.41. The summed E-state index contributed by atoms with van der Waals surface area (Å²) >= 11 is 0. The van der Waals surface area contributed by atoms with E-state index in [-0.39, 0.29) is 23.9 Å². The molecule has 4 N–H and O–H groups in total. The molecule has 1 aromatic rings. The maximum Gasteiger partial charge on any atom is 0.217 e. The van der Waals surface area contributed by atoms with Gasteiger partial charge in [-0.15, -0.1) is 0 Å². The van der Waals surface area contributed by atoms with Crippen LogP contribution in [0.4, 0.5) is 4.39 Å². The van der Waals surface area contributed by atoms with Gasteiger partial charge in [0.2, 0.25) is 5.91 Å². The fourth-order valence-electron chi connectivity index (χ4n) is 3.15. The topological polar surface area (TPSA) is 91.0 Å². The molecule has 0 aliphatic carbocycles. The second-order valence-electron chi connectivity index (χ2n) is 6.36. The number of nitrogens with one attached hydrogen (secondary N) is 1. The molecule has 0 bridgehead atoms. The highest BCUT2D eigenvalue weighted by Crippen LogP contribution is 2.20. The van der Waals surface area contributed by atoms with Crippen LogP contribution < -0.4 is 11.1 Å². The molecule has 2 atom stereocenters. The van der Waals surface area contributed by atoms with Gasteiger partial charge in [0.25, 0.3) is 0 Å². The van der Waals surface area contributed by atoms with Gasteiger partial charge in [0.1, 0.15) is 11.9 Å². The Morgan fingerprint density at radius 2 is 2.28 bits per heavy atom. The molecule has 0 spiro atoms. The number of aliphatic imine (C=N–C) groups is 1. The van der Waals surface area contributed by atoms with Gasteiger partial charge in [-0.1, -0.05) is 18.2 Å². The molecule has 138 valence electrons. The lowest BCUT2D eigenvalue weighted by Crippen LogP contribution is -2.47. The molecule has 2 unspecified atom stereocenters. The molecule has 1 aromatic carbocycles. The van der Waals surface area contributed by atoms with Crippen molar-refractivity contribution in [2.45, 2.75) is 32.3 Å². The lowest BCUT2D eigenvalue weighted by atomic mass is 9.95. The van der Waals surface area contributed by atoms with E-state index in [1.54, 1.807) is 18.2 Å². The second-order valence-corrected chi connectivity index (χ2v) is 6.36. The van der Waals surface area contributed by atoms with E-state index in [2.05, 4.69) is 15.2 Å². The van der Waals surface area contributed by atoms with Crippen molar-refractivity contribution in [1.82, 2.24) is 10.2 Å². The molecule has 6 nitrogen and oxygen atoms in total. The fourth-order valence-corrected chi connectivity index (χ4v) is 3.15. The number of primary amides is 1. The van der Waals surface area contributed by atoms with Crippen LogP contribution in [0.1, 0.15) is 37.9 Å². The minimum Gasteiger partial charge on any atom is -0.386 e. The van der Waals surface area contributed by atoms with Crippen LogP contribution >= 0.6 is 0 Å². The van der Waals surface area contributed by atoms with Gasteiger partial charge in [-0.2, -0.15) is 0 Å². The van der Waals surface area contributed by atoms with Crippen LogP contribution in [0.5, 0.6) is 0 Å². The average molecular weight is 350 g/mol. The summed E-state index contributed by atoms with van der Waals surface area (Å²) in [6.45, 7) is 4.25. The van der Waals surface area contributed by atoms with E-state index >= 15 is 0 Å². The third kappa shape index (κ3) is 5.70. The number of nitrogens with two attached hydrogens (primary N) is 1. The van der Waals surface area contributed by atoms with Crippen LogP contribution in [0.2, 0.25) is 0 Å². The number of rotatable bonds is 6. The number of carbonyl (C=O) groups excluding carboxylic acids is 1. The molecule has 25 heavy (non-hydrogen) atoms. The number of aliphatic hydroxyl groups is 1. The van der Waals surface area contributed by atoms with Gasteiger partial charge in [0.15, 0.2) is 5.96 Å². The third-order valence-corrected chi connectivity index (χ3v) is 4.32. The Balaban J connectivity index is 2.04. The molecule has 0 radical (unpaired) electrons. The molecule has 1 fully saturated rings. The van der Waals surface area contributed by atoms with E-state index in [0.717, 1.165) is 19.4 Å². The zero-order chi connectivity index (χ0) is 18.2. The maximum atomic E-state index is 13.8. The zero-order valence-corrected chi connectivity index (χ0v) is 14.6. The standard InChI is InChI=1S/C18H27FN4O2/c1-2-21-18(23-9-5-6-13(12-23)10-17(20)25)22-11-16(24)14-7-3-4-8-15(14)19/h3-4,7-8,13,16,24H,2,5-6,9-12H2,1H3,(H2,20,25)(H,21,22). The van der Waals surface area contributed by atoms with Gasteiger partial charge in [-0.05, 0) is 31.7 Å². The minimum atomic E-state index is -0.999. The van der Waals surface area contributed by atoms with Gasteiger partial charge >= 0.3 is 0 Å². The Kier molecular flexibility index (Phi) is 7.18. The number of benzene rings is 1. The number of halogens is 1. The summed E-state index contributed by atoms with van der Waals surface area (Å²) in [5.41, 5.74) is 5.55. The third-order valence-electron chi connectivity index (χ3n) is 4.32. The first-order valence-electron chi connectivity index (χ1n) is 8.75. The normalized spacial score (nSPS) is 19.6. The van der Waals surface area contributed by atoms with Crippen LogP contribution in [0.15, 0.2) is 29.3 Å². The van der Waals surface area contributed by atoms with Crippen molar-refractivity contribution in [1.29, 1.82) is 0 Å². The van der Waals surface area contributed by atoms with E-state index in [0.29, 0.717) is 25.5 Å². The monoisotopic (exact) mass is 350 g/mol. The number of carbonyl (C=O) groups is 1. The Morgan fingerprint density at radius 3 is 2.96 bits per heavy atom. The molecule has 7 heteroatoms. The minimum absolute atomic E-state index is 0.0697. The Bertz CT molecular complexity index is 608. The molecule has 2 rings (SSSR count). The van der Waals surface area contributed by atoms with E-state index in [1.807, 2.05) is 6.92 Å². The first-order chi connectivity index (χ1) is 12.0. The second kappa shape index (κ2) is 9.36. The molecule has 0 aromatic heterocycles. The number of hydrogen-bond acceptors (Lipinski definition) is 3. The summed E-state index contributed by atoms with van der Waals surface area (Å²) in [4.78, 5) is 17.7. The molecule has 1 heterocycles. The van der Waals surface area contributed by atoms with Crippen molar-refractivity contribution >= 4 is 11.9 Å². The lowest BCUT2D eigenvalue weighted by Gasteiger charge is -2.34. The van der Waals surface area contributed by atoms with Gasteiger partial charge < -0.3 is 21.1 Å². The van der Waals surface area contributed by atoms with E-state index in [4.69, 9.17) is 5.73 Å². The van der Waals surface area contributed by atoms with Crippen molar-refractivity contribution in [2.24, 2.45) is 16.6 Å². The van der Waals surface area contributed by atoms with Crippen molar-refractivity contribution in [3.8, 4) is 0 Å². The molecule has 1 saturated heterocycles. The molecule has 1 aliphatic heterocycles. The smallest absolute Gasteiger partial charge is 0.217 e. The number of amides is 1. The highest BCUT2D eigenvalue weighted by molar-refractivity contribution is 5.80. The zero-order valence-electron chi connectivity index (χ0n) is 14.6. The molecule has 1 aliphatic rings. The highest BCUT2D eigenvalue weighted by Gasteiger charge is 2.24. The summed E-state index contributed by atoms with van der Waals surface area (Å²) in [5.74, 6) is 0.164. The summed E-state index contributed by atoms with van der Waals surface area (Å²) in [6, 6.07) is 6.17.